The molecule has 2 aliphatic rings. The largest absolute Gasteiger partial charge is 0.378 e. The summed E-state index contributed by atoms with van der Waals surface area (Å²) in [4.78, 5) is 16.4. The summed E-state index contributed by atoms with van der Waals surface area (Å²) < 4.78 is 5.93. The number of ether oxygens (including phenoxy) is 1. The Morgan fingerprint density at radius 3 is 2.91 bits per heavy atom. The van der Waals surface area contributed by atoms with Gasteiger partial charge in [0, 0.05) is 18.1 Å². The van der Waals surface area contributed by atoms with Crippen molar-refractivity contribution in [1.29, 1.82) is 0 Å². The van der Waals surface area contributed by atoms with Gasteiger partial charge in [0.1, 0.15) is 12.2 Å². The standard InChI is InChI=1S/C16H27N5O2/c1-3-23-13-9-12(16(13)7-5-4-6-8-16)20-15(22)19-11(2)14-17-10-18-21-14/h10-13H,3-9H2,1-2H3,(H,17,18,21)(H2,19,20,22)/t11-,12+,13+/m0/s1. The molecule has 7 nitrogen and oxygen atoms in total. The topological polar surface area (TPSA) is 91.9 Å². The summed E-state index contributed by atoms with van der Waals surface area (Å²) >= 11 is 0. The van der Waals surface area contributed by atoms with Gasteiger partial charge in [0.15, 0.2) is 0 Å². The Morgan fingerprint density at radius 1 is 1.48 bits per heavy atom. The molecule has 7 heteroatoms. The van der Waals surface area contributed by atoms with E-state index in [2.05, 4.69) is 25.8 Å². The van der Waals surface area contributed by atoms with Gasteiger partial charge in [0.05, 0.1) is 12.1 Å². The molecule has 3 atom stereocenters. The molecule has 0 saturated heterocycles. The molecule has 1 aromatic heterocycles. The Bertz CT molecular complexity index is 513. The van der Waals surface area contributed by atoms with Crippen LogP contribution in [0.5, 0.6) is 0 Å². The van der Waals surface area contributed by atoms with E-state index in [1.807, 2.05) is 13.8 Å². The van der Waals surface area contributed by atoms with Gasteiger partial charge >= 0.3 is 6.03 Å². The number of hydrogen-bond acceptors (Lipinski definition) is 4. The van der Waals surface area contributed by atoms with E-state index in [4.69, 9.17) is 4.74 Å². The Hall–Kier alpha value is -1.63. The van der Waals surface area contributed by atoms with Crippen molar-refractivity contribution in [1.82, 2.24) is 25.8 Å². The highest BCUT2D eigenvalue weighted by Crippen LogP contribution is 2.53. The average molecular weight is 321 g/mol. The zero-order valence-corrected chi connectivity index (χ0v) is 14.0. The SMILES string of the molecule is CCO[C@@H]1C[C@@H](NC(=O)N[C@@H](C)c2ncn[nH]2)C12CCCCC2. The fourth-order valence-electron chi connectivity index (χ4n) is 4.15. The van der Waals surface area contributed by atoms with Crippen LogP contribution < -0.4 is 10.6 Å². The second-order valence-electron chi connectivity index (χ2n) is 6.74. The lowest BCUT2D eigenvalue weighted by atomic mass is 9.55. The van der Waals surface area contributed by atoms with Crippen molar-refractivity contribution in [3.05, 3.63) is 12.2 Å². The maximum Gasteiger partial charge on any atom is 0.315 e. The lowest BCUT2D eigenvalue weighted by molar-refractivity contribution is -0.146. The third kappa shape index (κ3) is 3.20. The molecule has 1 aromatic rings. The molecule has 1 spiro atoms. The van der Waals surface area contributed by atoms with Crippen LogP contribution in [0.1, 0.15) is 64.2 Å². The van der Waals surface area contributed by atoms with Crippen LogP contribution in [-0.4, -0.2) is 40.0 Å². The van der Waals surface area contributed by atoms with Crippen LogP contribution in [0.25, 0.3) is 0 Å². The Labute approximate surface area is 137 Å². The quantitative estimate of drug-likeness (QED) is 0.776. The molecule has 128 valence electrons. The molecule has 0 unspecified atom stereocenters. The number of hydrogen-bond donors (Lipinski definition) is 3. The second-order valence-corrected chi connectivity index (χ2v) is 6.74. The maximum absolute atomic E-state index is 12.3. The van der Waals surface area contributed by atoms with Crippen LogP contribution in [-0.2, 0) is 4.74 Å². The Morgan fingerprint density at radius 2 is 2.26 bits per heavy atom. The van der Waals surface area contributed by atoms with Crippen LogP contribution in [0.4, 0.5) is 4.79 Å². The number of carbonyl (C=O) groups excluding carboxylic acids is 1. The molecule has 0 aromatic carbocycles. The summed E-state index contributed by atoms with van der Waals surface area (Å²) in [5, 5.41) is 12.7. The van der Waals surface area contributed by atoms with Crippen molar-refractivity contribution in [2.45, 2.75) is 70.6 Å². The normalized spacial score (nSPS) is 27.2. The molecule has 0 aliphatic heterocycles. The number of amides is 2. The Balaban J connectivity index is 1.57. The lowest BCUT2D eigenvalue weighted by Gasteiger charge is -2.57. The summed E-state index contributed by atoms with van der Waals surface area (Å²) in [6.07, 6.45) is 8.72. The highest BCUT2D eigenvalue weighted by Gasteiger charge is 2.56. The van der Waals surface area contributed by atoms with Gasteiger partial charge in [-0.3, -0.25) is 5.10 Å². The molecule has 0 bridgehead atoms. The summed E-state index contributed by atoms with van der Waals surface area (Å²) in [6.45, 7) is 4.68. The van der Waals surface area contributed by atoms with Gasteiger partial charge in [-0.1, -0.05) is 19.3 Å². The summed E-state index contributed by atoms with van der Waals surface area (Å²) in [5.41, 5.74) is 0.140. The van der Waals surface area contributed by atoms with E-state index in [1.165, 1.54) is 25.6 Å². The van der Waals surface area contributed by atoms with Gasteiger partial charge in [-0.25, -0.2) is 9.78 Å². The minimum absolute atomic E-state index is 0.140. The van der Waals surface area contributed by atoms with Crippen molar-refractivity contribution in [3.63, 3.8) is 0 Å². The highest BCUT2D eigenvalue weighted by molar-refractivity contribution is 5.75. The number of carbonyl (C=O) groups is 1. The van der Waals surface area contributed by atoms with Crippen LogP contribution in [0.3, 0.4) is 0 Å². The first-order valence-electron chi connectivity index (χ1n) is 8.69. The van der Waals surface area contributed by atoms with E-state index in [-0.39, 0.29) is 23.5 Å². The van der Waals surface area contributed by atoms with Gasteiger partial charge in [-0.05, 0) is 33.1 Å². The van der Waals surface area contributed by atoms with Crippen molar-refractivity contribution in [2.24, 2.45) is 5.41 Å². The molecule has 1 heterocycles. The number of H-pyrrole nitrogens is 1. The third-order valence-corrected chi connectivity index (χ3v) is 5.43. The number of aromatic amines is 1. The monoisotopic (exact) mass is 321 g/mol. The minimum Gasteiger partial charge on any atom is -0.378 e. The zero-order chi connectivity index (χ0) is 16.3. The molecule has 2 fully saturated rings. The third-order valence-electron chi connectivity index (χ3n) is 5.43. The first-order chi connectivity index (χ1) is 11.2. The van der Waals surface area contributed by atoms with Crippen LogP contribution in [0.2, 0.25) is 0 Å². The first kappa shape index (κ1) is 16.2. The van der Waals surface area contributed by atoms with Crippen molar-refractivity contribution < 1.29 is 9.53 Å². The molecule has 2 aliphatic carbocycles. The fourth-order valence-corrected chi connectivity index (χ4v) is 4.15. The predicted molar refractivity (Wildman–Crippen MR) is 85.8 cm³/mol. The smallest absolute Gasteiger partial charge is 0.315 e. The molecule has 2 amide bonds. The highest BCUT2D eigenvalue weighted by atomic mass is 16.5. The fraction of sp³-hybridized carbons (Fsp3) is 0.812. The van der Waals surface area contributed by atoms with E-state index in [0.29, 0.717) is 11.9 Å². The summed E-state index contributed by atoms with van der Waals surface area (Å²) in [6, 6.07) is -0.123. The number of rotatable bonds is 5. The zero-order valence-electron chi connectivity index (χ0n) is 14.0. The van der Waals surface area contributed by atoms with Crippen molar-refractivity contribution in [3.8, 4) is 0 Å². The molecular weight excluding hydrogens is 294 g/mol. The van der Waals surface area contributed by atoms with E-state index in [9.17, 15) is 4.79 Å². The number of nitrogens with zero attached hydrogens (tertiary/aromatic N) is 2. The molecule has 23 heavy (non-hydrogen) atoms. The number of nitrogens with one attached hydrogen (secondary N) is 3. The van der Waals surface area contributed by atoms with E-state index >= 15 is 0 Å². The van der Waals surface area contributed by atoms with E-state index < -0.39 is 0 Å². The molecule has 2 saturated carbocycles. The van der Waals surface area contributed by atoms with Gasteiger partial charge in [0.25, 0.3) is 0 Å². The first-order valence-corrected chi connectivity index (χ1v) is 8.69. The van der Waals surface area contributed by atoms with Crippen LogP contribution in [0.15, 0.2) is 6.33 Å². The van der Waals surface area contributed by atoms with Gasteiger partial charge in [-0.15, -0.1) is 0 Å². The van der Waals surface area contributed by atoms with Crippen LogP contribution in [0, 0.1) is 5.41 Å². The van der Waals surface area contributed by atoms with Crippen molar-refractivity contribution in [2.75, 3.05) is 6.61 Å². The van der Waals surface area contributed by atoms with Gasteiger partial charge in [-0.2, -0.15) is 5.10 Å². The maximum atomic E-state index is 12.3. The number of aromatic nitrogens is 3. The molecule has 0 radical (unpaired) electrons. The van der Waals surface area contributed by atoms with Gasteiger partial charge < -0.3 is 15.4 Å². The molecular formula is C16H27N5O2. The van der Waals surface area contributed by atoms with E-state index in [1.54, 1.807) is 0 Å². The number of urea groups is 1. The van der Waals surface area contributed by atoms with E-state index in [0.717, 1.165) is 25.9 Å². The second kappa shape index (κ2) is 6.86. The van der Waals surface area contributed by atoms with Gasteiger partial charge in [0.2, 0.25) is 0 Å². The van der Waals surface area contributed by atoms with Crippen LogP contribution >= 0.6 is 0 Å². The molecule has 3 rings (SSSR count). The summed E-state index contributed by atoms with van der Waals surface area (Å²) in [7, 11) is 0. The average Bonchev–Trinajstić information content (AvgIpc) is 3.09. The lowest BCUT2D eigenvalue weighted by Crippen LogP contribution is -2.66. The Kier molecular flexibility index (Phi) is 4.84. The van der Waals surface area contributed by atoms with Crippen molar-refractivity contribution >= 4 is 6.03 Å². The molecule has 3 N–H and O–H groups in total. The predicted octanol–water partition coefficient (Wildman–Crippen LogP) is 2.29. The summed E-state index contributed by atoms with van der Waals surface area (Å²) in [5.74, 6) is 0.660. The minimum atomic E-state index is -0.192.